The summed E-state index contributed by atoms with van der Waals surface area (Å²) in [5, 5.41) is 2.83. The Hall–Kier alpha value is -4.07. The molecule has 2 aromatic rings. The van der Waals surface area contributed by atoms with Crippen LogP contribution < -0.4 is 5.32 Å². The Balaban J connectivity index is 1.25. The fourth-order valence-electron chi connectivity index (χ4n) is 6.73. The number of aliphatic imine (C=N–C) groups is 1. The summed E-state index contributed by atoms with van der Waals surface area (Å²) >= 11 is 0. The first-order chi connectivity index (χ1) is 21.4. The standard InChI is InChI=1S/C37H45N3O5/c1-22-17-30(31(41)18-23(2)33(38-6)32(42)19-24-15-16-24)40(20-22)35(43)34(37(3,4)5)39-36(44)45-21-29-27-13-9-7-11-25(27)26-12-8-10-14-28(26)29/h7-14,23-24,29-30,34H,1,15-21H2,2-6H3,(H,39,44)/t23-,30+,34-/m1/s1. The summed E-state index contributed by atoms with van der Waals surface area (Å²) in [4.78, 5) is 59.5. The highest BCUT2D eigenvalue weighted by Gasteiger charge is 2.43. The summed E-state index contributed by atoms with van der Waals surface area (Å²) in [6, 6.07) is 14.6. The van der Waals surface area contributed by atoms with Crippen LogP contribution in [0, 0.1) is 17.3 Å². The van der Waals surface area contributed by atoms with Crippen LogP contribution in [0.1, 0.15) is 76.8 Å². The van der Waals surface area contributed by atoms with Crippen molar-refractivity contribution in [2.24, 2.45) is 22.2 Å². The molecule has 3 atom stereocenters. The second-order valence-electron chi connectivity index (χ2n) is 14.0. The van der Waals surface area contributed by atoms with Gasteiger partial charge >= 0.3 is 6.09 Å². The maximum Gasteiger partial charge on any atom is 0.407 e. The zero-order valence-corrected chi connectivity index (χ0v) is 27.1. The summed E-state index contributed by atoms with van der Waals surface area (Å²) in [5.74, 6) is -0.508. The Morgan fingerprint density at radius 3 is 2.18 bits per heavy atom. The molecule has 0 aromatic heterocycles. The molecular formula is C37H45N3O5. The number of nitrogens with one attached hydrogen (secondary N) is 1. The van der Waals surface area contributed by atoms with E-state index in [1.54, 1.807) is 7.05 Å². The predicted octanol–water partition coefficient (Wildman–Crippen LogP) is 6.13. The molecule has 0 radical (unpaired) electrons. The van der Waals surface area contributed by atoms with E-state index in [9.17, 15) is 19.2 Å². The van der Waals surface area contributed by atoms with Crippen LogP contribution in [0.4, 0.5) is 4.79 Å². The number of hydrogen-bond acceptors (Lipinski definition) is 6. The fourth-order valence-corrected chi connectivity index (χ4v) is 6.73. The van der Waals surface area contributed by atoms with Crippen molar-refractivity contribution in [2.75, 3.05) is 20.2 Å². The van der Waals surface area contributed by atoms with Gasteiger partial charge in [0.25, 0.3) is 0 Å². The number of benzene rings is 2. The summed E-state index contributed by atoms with van der Waals surface area (Å²) in [5.41, 5.74) is 5.03. The molecule has 0 spiro atoms. The van der Waals surface area contributed by atoms with E-state index in [2.05, 4.69) is 41.2 Å². The van der Waals surface area contributed by atoms with E-state index in [1.165, 1.54) is 4.90 Å². The van der Waals surface area contributed by atoms with E-state index in [4.69, 9.17) is 4.74 Å². The lowest BCUT2D eigenvalue weighted by molar-refractivity contribution is -0.141. The molecule has 45 heavy (non-hydrogen) atoms. The van der Waals surface area contributed by atoms with Crippen molar-refractivity contribution in [2.45, 2.75) is 77.8 Å². The van der Waals surface area contributed by atoms with Crippen LogP contribution in [0.3, 0.4) is 0 Å². The maximum atomic E-state index is 14.1. The van der Waals surface area contributed by atoms with Gasteiger partial charge in [-0.2, -0.15) is 0 Å². The smallest absolute Gasteiger partial charge is 0.407 e. The third kappa shape index (κ3) is 7.10. The number of ether oxygens (including phenoxy) is 1. The average Bonchev–Trinajstić information content (AvgIpc) is 3.63. The second kappa shape index (κ2) is 13.1. The number of hydrogen-bond donors (Lipinski definition) is 1. The van der Waals surface area contributed by atoms with Gasteiger partial charge in [-0.15, -0.1) is 0 Å². The molecule has 1 N–H and O–H groups in total. The van der Waals surface area contributed by atoms with Crippen molar-refractivity contribution in [3.63, 3.8) is 0 Å². The number of carbonyl (C=O) groups excluding carboxylic acids is 4. The van der Waals surface area contributed by atoms with Crippen LogP contribution in [0.2, 0.25) is 0 Å². The molecule has 5 rings (SSSR count). The van der Waals surface area contributed by atoms with Crippen molar-refractivity contribution in [3.8, 4) is 11.1 Å². The Morgan fingerprint density at radius 2 is 1.62 bits per heavy atom. The fraction of sp³-hybridized carbons (Fsp3) is 0.486. The number of nitrogens with zero attached hydrogens (tertiary/aromatic N) is 2. The van der Waals surface area contributed by atoms with Gasteiger partial charge < -0.3 is 15.0 Å². The minimum atomic E-state index is -0.931. The number of Topliss-reactive ketones (excluding diaryl/α,β-unsaturated/α-hetero) is 2. The Labute approximate surface area is 266 Å². The highest BCUT2D eigenvalue weighted by atomic mass is 16.5. The van der Waals surface area contributed by atoms with Gasteiger partial charge in [-0.1, -0.05) is 88.4 Å². The summed E-state index contributed by atoms with van der Waals surface area (Å²) in [7, 11) is 1.59. The van der Waals surface area contributed by atoms with Gasteiger partial charge in [0.15, 0.2) is 11.6 Å². The van der Waals surface area contributed by atoms with E-state index in [0.29, 0.717) is 24.5 Å². The topological polar surface area (TPSA) is 105 Å². The van der Waals surface area contributed by atoms with Gasteiger partial charge in [-0.3, -0.25) is 19.4 Å². The lowest BCUT2D eigenvalue weighted by Gasteiger charge is -2.35. The van der Waals surface area contributed by atoms with Gasteiger partial charge in [0.1, 0.15) is 12.6 Å². The molecule has 2 amide bonds. The number of amides is 2. The number of carbonyl (C=O) groups is 4. The normalized spacial score (nSPS) is 19.5. The van der Waals surface area contributed by atoms with Gasteiger partial charge in [-0.25, -0.2) is 4.79 Å². The second-order valence-corrected chi connectivity index (χ2v) is 14.0. The molecule has 2 fully saturated rings. The van der Waals surface area contributed by atoms with E-state index < -0.39 is 23.6 Å². The van der Waals surface area contributed by atoms with Crippen molar-refractivity contribution < 1.29 is 23.9 Å². The van der Waals surface area contributed by atoms with Crippen LogP contribution in [0.25, 0.3) is 11.1 Å². The molecule has 8 heteroatoms. The van der Waals surface area contributed by atoms with E-state index in [-0.39, 0.29) is 48.9 Å². The number of alkyl carbamates (subject to hydrolysis) is 1. The van der Waals surface area contributed by atoms with E-state index >= 15 is 0 Å². The van der Waals surface area contributed by atoms with Crippen LogP contribution in [-0.2, 0) is 19.1 Å². The van der Waals surface area contributed by atoms with Crippen LogP contribution in [0.5, 0.6) is 0 Å². The van der Waals surface area contributed by atoms with Crippen molar-refractivity contribution in [3.05, 3.63) is 71.8 Å². The van der Waals surface area contributed by atoms with E-state index in [1.807, 2.05) is 52.0 Å². The molecule has 2 aliphatic carbocycles. The van der Waals surface area contributed by atoms with Gasteiger partial charge in [0.2, 0.25) is 5.91 Å². The third-order valence-corrected chi connectivity index (χ3v) is 9.30. The van der Waals surface area contributed by atoms with Gasteiger partial charge in [0.05, 0.1) is 11.8 Å². The van der Waals surface area contributed by atoms with Crippen LogP contribution in [0.15, 0.2) is 65.7 Å². The molecule has 1 aliphatic heterocycles. The highest BCUT2D eigenvalue weighted by Crippen LogP contribution is 2.44. The predicted molar refractivity (Wildman–Crippen MR) is 175 cm³/mol. The lowest BCUT2D eigenvalue weighted by atomic mass is 9.85. The van der Waals surface area contributed by atoms with Crippen molar-refractivity contribution in [1.82, 2.24) is 10.2 Å². The van der Waals surface area contributed by atoms with Crippen LogP contribution >= 0.6 is 0 Å². The molecule has 0 bridgehead atoms. The number of likely N-dealkylation sites (tertiary alicyclic amines) is 1. The number of fused-ring (bicyclic) bond motifs is 3. The SMILES string of the molecule is C=C1C[C@@H](C(=O)C[C@@H](C)C(=NC)C(=O)CC2CC2)N(C(=O)[C@@H](NC(=O)OCC2c3ccccc3-c3ccccc32)C(C)(C)C)C1. The molecule has 1 saturated carbocycles. The Bertz CT molecular complexity index is 1490. The maximum absolute atomic E-state index is 14.1. The summed E-state index contributed by atoms with van der Waals surface area (Å²) in [6.07, 6.45) is 2.38. The molecule has 0 unspecified atom stereocenters. The quantitative estimate of drug-likeness (QED) is 0.243. The van der Waals surface area contributed by atoms with Crippen molar-refractivity contribution >= 4 is 29.3 Å². The average molecular weight is 612 g/mol. The monoisotopic (exact) mass is 611 g/mol. The molecule has 3 aliphatic rings. The van der Waals surface area contributed by atoms with E-state index in [0.717, 1.165) is 40.7 Å². The third-order valence-electron chi connectivity index (χ3n) is 9.30. The number of ketones is 2. The van der Waals surface area contributed by atoms with Crippen LogP contribution in [-0.4, -0.2) is 66.5 Å². The minimum Gasteiger partial charge on any atom is -0.449 e. The summed E-state index contributed by atoms with van der Waals surface area (Å²) in [6.45, 7) is 11.9. The highest BCUT2D eigenvalue weighted by molar-refractivity contribution is 6.40. The summed E-state index contributed by atoms with van der Waals surface area (Å²) < 4.78 is 5.77. The number of rotatable bonds is 11. The minimum absolute atomic E-state index is 0.00385. The lowest BCUT2D eigenvalue weighted by Crippen LogP contribution is -2.57. The Morgan fingerprint density at radius 1 is 1.02 bits per heavy atom. The van der Waals surface area contributed by atoms with Gasteiger partial charge in [-0.05, 0) is 52.8 Å². The van der Waals surface area contributed by atoms with Crippen molar-refractivity contribution in [1.29, 1.82) is 0 Å². The Kier molecular flexibility index (Phi) is 9.42. The molecule has 8 nitrogen and oxygen atoms in total. The molecule has 1 heterocycles. The molecule has 238 valence electrons. The zero-order valence-electron chi connectivity index (χ0n) is 27.1. The first-order valence-electron chi connectivity index (χ1n) is 16.0. The molecule has 1 saturated heterocycles. The molecule has 2 aromatic carbocycles. The zero-order chi connectivity index (χ0) is 32.5. The largest absolute Gasteiger partial charge is 0.449 e. The van der Waals surface area contributed by atoms with Gasteiger partial charge in [0, 0.05) is 38.3 Å². The first kappa shape index (κ1) is 32.3. The first-order valence-corrected chi connectivity index (χ1v) is 16.0. The molecular weight excluding hydrogens is 566 g/mol.